The van der Waals surface area contributed by atoms with E-state index < -0.39 is 0 Å². The van der Waals surface area contributed by atoms with E-state index >= 15 is 0 Å². The fraction of sp³-hybridized carbons (Fsp3) is 0.143. The minimum Gasteiger partial charge on any atom is -0.493 e. The third kappa shape index (κ3) is 5.32. The lowest BCUT2D eigenvalue weighted by molar-refractivity contribution is -0.113. The van der Waals surface area contributed by atoms with Gasteiger partial charge < -0.3 is 18.9 Å². The van der Waals surface area contributed by atoms with Gasteiger partial charge in [-0.05, 0) is 60.0 Å². The van der Waals surface area contributed by atoms with Crippen LogP contribution in [-0.4, -0.2) is 24.1 Å². The smallest absolute Gasteiger partial charge is 0.270 e. The number of carbonyl (C=O) groups excluding carboxylic acids is 1. The molecule has 37 heavy (non-hydrogen) atoms. The molecule has 0 N–H and O–H groups in total. The minimum absolute atomic E-state index is 0.158. The molecule has 3 aromatic carbocycles. The van der Waals surface area contributed by atoms with Gasteiger partial charge in [0.05, 0.1) is 17.7 Å². The van der Waals surface area contributed by atoms with Crippen LogP contribution in [0.5, 0.6) is 23.0 Å². The van der Waals surface area contributed by atoms with Crippen molar-refractivity contribution in [3.8, 4) is 23.0 Å². The second kappa shape index (κ2) is 10.9. The number of rotatable bonds is 8. The number of carbonyl (C=O) groups is 1. The number of nitrogens with zero attached hydrogens (tertiary/aromatic N) is 1. The van der Waals surface area contributed by atoms with Gasteiger partial charge in [0, 0.05) is 16.7 Å². The van der Waals surface area contributed by atoms with E-state index in [0.717, 1.165) is 16.7 Å². The molecule has 0 aromatic heterocycles. The van der Waals surface area contributed by atoms with Gasteiger partial charge in [-0.2, -0.15) is 0 Å². The van der Waals surface area contributed by atoms with Crippen molar-refractivity contribution in [3.63, 3.8) is 0 Å². The Morgan fingerprint density at radius 1 is 1.14 bits per heavy atom. The van der Waals surface area contributed by atoms with Crippen molar-refractivity contribution in [1.82, 2.24) is 0 Å². The van der Waals surface area contributed by atoms with E-state index in [9.17, 15) is 4.79 Å². The van der Waals surface area contributed by atoms with Gasteiger partial charge >= 0.3 is 0 Å². The molecular formula is C28H22ClNO5S2. The first-order valence-electron chi connectivity index (χ1n) is 11.3. The Morgan fingerprint density at radius 2 is 1.92 bits per heavy atom. The van der Waals surface area contributed by atoms with Crippen LogP contribution in [0.4, 0.5) is 5.69 Å². The fourth-order valence-corrected chi connectivity index (χ4v) is 5.42. The van der Waals surface area contributed by atoms with E-state index in [4.69, 9.17) is 42.8 Å². The molecule has 9 heteroatoms. The number of thioether (sulfide) groups is 1. The highest BCUT2D eigenvalue weighted by atomic mass is 35.5. The lowest BCUT2D eigenvalue weighted by atomic mass is 10.0. The molecule has 6 nitrogen and oxygen atoms in total. The molecule has 0 radical (unpaired) electrons. The van der Waals surface area contributed by atoms with Gasteiger partial charge in [-0.1, -0.05) is 53.8 Å². The molecule has 3 aromatic rings. The molecule has 2 aliphatic heterocycles. The first-order chi connectivity index (χ1) is 18.0. The molecule has 1 amide bonds. The number of benzene rings is 3. The van der Waals surface area contributed by atoms with E-state index in [1.807, 2.05) is 42.5 Å². The van der Waals surface area contributed by atoms with Crippen LogP contribution in [0.3, 0.4) is 0 Å². The molecule has 1 fully saturated rings. The zero-order valence-electron chi connectivity index (χ0n) is 19.9. The number of ether oxygens (including phenoxy) is 4. The number of hydrogen-bond acceptors (Lipinski definition) is 7. The highest BCUT2D eigenvalue weighted by molar-refractivity contribution is 8.27. The summed E-state index contributed by atoms with van der Waals surface area (Å²) in [6, 6.07) is 16.6. The van der Waals surface area contributed by atoms with Crippen molar-refractivity contribution in [2.45, 2.75) is 13.0 Å². The highest BCUT2D eigenvalue weighted by Gasteiger charge is 2.34. The predicted octanol–water partition coefficient (Wildman–Crippen LogP) is 6.79. The molecule has 1 saturated heterocycles. The van der Waals surface area contributed by atoms with E-state index in [-0.39, 0.29) is 12.7 Å². The predicted molar refractivity (Wildman–Crippen MR) is 151 cm³/mol. The Kier molecular flexibility index (Phi) is 7.41. The number of halogens is 1. The van der Waals surface area contributed by atoms with Gasteiger partial charge in [-0.25, -0.2) is 0 Å². The highest BCUT2D eigenvalue weighted by Crippen LogP contribution is 2.42. The first-order valence-corrected chi connectivity index (χ1v) is 12.9. The second-order valence-electron chi connectivity index (χ2n) is 8.17. The molecule has 0 bridgehead atoms. The number of methoxy groups -OCH3 is 1. The van der Waals surface area contributed by atoms with Crippen molar-refractivity contribution in [1.29, 1.82) is 0 Å². The Morgan fingerprint density at radius 3 is 2.68 bits per heavy atom. The summed E-state index contributed by atoms with van der Waals surface area (Å²) in [6.45, 7) is 4.39. The molecule has 2 aliphatic rings. The summed E-state index contributed by atoms with van der Waals surface area (Å²) in [7, 11) is 1.59. The molecule has 0 saturated carbocycles. The molecule has 5 rings (SSSR count). The largest absolute Gasteiger partial charge is 0.493 e. The zero-order valence-corrected chi connectivity index (χ0v) is 22.3. The monoisotopic (exact) mass is 551 g/mol. The Hall–Kier alpha value is -3.46. The lowest BCUT2D eigenvalue weighted by Crippen LogP contribution is -2.27. The quantitative estimate of drug-likeness (QED) is 0.173. The van der Waals surface area contributed by atoms with Crippen LogP contribution in [0.25, 0.3) is 6.08 Å². The maximum atomic E-state index is 13.3. The molecule has 0 spiro atoms. The Bertz CT molecular complexity index is 1420. The number of thiocarbonyl (C=S) groups is 1. The molecule has 0 unspecified atom stereocenters. The minimum atomic E-state index is -0.207. The summed E-state index contributed by atoms with van der Waals surface area (Å²) in [5.74, 6) is 2.21. The number of fused-ring (bicyclic) bond motifs is 1. The molecule has 0 atom stereocenters. The molecular weight excluding hydrogens is 530 g/mol. The Labute approximate surface area is 229 Å². The Balaban J connectivity index is 1.42. The van der Waals surface area contributed by atoms with Gasteiger partial charge in [-0.3, -0.25) is 9.69 Å². The van der Waals surface area contributed by atoms with Crippen LogP contribution in [0.2, 0.25) is 5.02 Å². The van der Waals surface area contributed by atoms with E-state index in [1.54, 1.807) is 31.4 Å². The van der Waals surface area contributed by atoms with E-state index in [2.05, 4.69) is 6.58 Å². The SMILES string of the molecule is C=CCc1cc(/C=C2\SC(=S)N(c3ccc4c(c3)OCO4)C2=O)cc(OC)c1OCc1ccc(Cl)cc1. The average Bonchev–Trinajstić information content (AvgIpc) is 3.47. The van der Waals surface area contributed by atoms with Crippen molar-refractivity contribution in [2.75, 3.05) is 18.8 Å². The van der Waals surface area contributed by atoms with Crippen LogP contribution < -0.4 is 23.8 Å². The average molecular weight is 552 g/mol. The maximum Gasteiger partial charge on any atom is 0.270 e. The molecule has 2 heterocycles. The van der Waals surface area contributed by atoms with Crippen molar-refractivity contribution in [3.05, 3.63) is 93.9 Å². The zero-order chi connectivity index (χ0) is 25.9. The number of amides is 1. The standard InChI is InChI=1S/C28H22ClNO5S2/c1-3-4-19-11-18(12-24(32-2)26(19)33-15-17-5-7-20(29)8-6-17)13-25-27(31)30(28(36)37-25)21-9-10-22-23(14-21)35-16-34-22/h3,5-14H,1,4,15-16H2,2H3/b25-13-. The summed E-state index contributed by atoms with van der Waals surface area (Å²) in [5, 5.41) is 0.668. The van der Waals surface area contributed by atoms with Gasteiger partial charge in [0.2, 0.25) is 6.79 Å². The number of allylic oxidation sites excluding steroid dienone is 1. The first kappa shape index (κ1) is 25.2. The van der Waals surface area contributed by atoms with E-state index in [0.29, 0.717) is 56.0 Å². The van der Waals surface area contributed by atoms with Crippen LogP contribution in [0.1, 0.15) is 16.7 Å². The topological polar surface area (TPSA) is 57.2 Å². The summed E-state index contributed by atoms with van der Waals surface area (Å²) in [5.41, 5.74) is 3.29. The lowest BCUT2D eigenvalue weighted by Gasteiger charge is -2.16. The van der Waals surface area contributed by atoms with Crippen LogP contribution in [-0.2, 0) is 17.8 Å². The van der Waals surface area contributed by atoms with Gasteiger partial charge in [0.25, 0.3) is 5.91 Å². The summed E-state index contributed by atoms with van der Waals surface area (Å²) < 4.78 is 23.1. The summed E-state index contributed by atoms with van der Waals surface area (Å²) in [4.78, 5) is 15.3. The van der Waals surface area contributed by atoms with Gasteiger partial charge in [0.1, 0.15) is 6.61 Å². The fourth-order valence-electron chi connectivity index (χ4n) is 3.99. The summed E-state index contributed by atoms with van der Waals surface area (Å²) >= 11 is 12.8. The van der Waals surface area contributed by atoms with Gasteiger partial charge in [0.15, 0.2) is 27.3 Å². The van der Waals surface area contributed by atoms with Crippen molar-refractivity contribution < 1.29 is 23.7 Å². The third-order valence-corrected chi connectivity index (χ3v) is 7.29. The molecule has 0 aliphatic carbocycles. The van der Waals surface area contributed by atoms with Gasteiger partial charge in [-0.15, -0.1) is 6.58 Å². The number of hydrogen-bond donors (Lipinski definition) is 0. The van der Waals surface area contributed by atoms with E-state index in [1.165, 1.54) is 16.7 Å². The van der Waals surface area contributed by atoms with Crippen LogP contribution in [0.15, 0.2) is 72.2 Å². The third-order valence-electron chi connectivity index (χ3n) is 5.74. The second-order valence-corrected chi connectivity index (χ2v) is 10.3. The van der Waals surface area contributed by atoms with Crippen molar-refractivity contribution in [2.24, 2.45) is 0 Å². The normalized spacial score (nSPS) is 15.4. The number of anilines is 1. The van der Waals surface area contributed by atoms with Crippen LogP contribution >= 0.6 is 35.6 Å². The molecule has 188 valence electrons. The maximum absolute atomic E-state index is 13.3. The van der Waals surface area contributed by atoms with Crippen molar-refractivity contribution >= 4 is 57.6 Å². The summed E-state index contributed by atoms with van der Waals surface area (Å²) in [6.07, 6.45) is 4.17. The van der Waals surface area contributed by atoms with Crippen LogP contribution in [0, 0.1) is 0 Å².